The minimum absolute atomic E-state index is 0.0426. The van der Waals surface area contributed by atoms with Crippen LogP contribution < -0.4 is 9.64 Å². The van der Waals surface area contributed by atoms with Gasteiger partial charge >= 0.3 is 0 Å². The Morgan fingerprint density at radius 3 is 2.61 bits per heavy atom. The molecule has 1 fully saturated rings. The third-order valence-corrected chi connectivity index (χ3v) is 4.60. The summed E-state index contributed by atoms with van der Waals surface area (Å²) in [4.78, 5) is 17.6. The molecule has 2 aromatic heterocycles. The van der Waals surface area contributed by atoms with Gasteiger partial charge in [0, 0.05) is 54.5 Å². The lowest BCUT2D eigenvalue weighted by Crippen LogP contribution is -2.47. The number of carbonyl (C=O) groups is 1. The van der Waals surface area contributed by atoms with Crippen LogP contribution in [0.25, 0.3) is 5.65 Å². The van der Waals surface area contributed by atoms with Crippen molar-refractivity contribution in [1.29, 1.82) is 0 Å². The Bertz CT molecular complexity index is 1010. The van der Waals surface area contributed by atoms with Crippen molar-refractivity contribution < 1.29 is 27.1 Å². The first-order valence-corrected chi connectivity index (χ1v) is 8.58. The van der Waals surface area contributed by atoms with Crippen LogP contribution in [0.5, 0.6) is 5.75 Å². The normalized spacial score (nSPS) is 16.7. The number of alkyl halides is 2. The summed E-state index contributed by atoms with van der Waals surface area (Å²) in [5, 5.41) is 0. The molecule has 5 nitrogen and oxygen atoms in total. The molecule has 1 unspecified atom stereocenters. The van der Waals surface area contributed by atoms with E-state index in [1.54, 1.807) is 35.1 Å². The van der Waals surface area contributed by atoms with Crippen molar-refractivity contribution in [1.82, 2.24) is 9.38 Å². The monoisotopic (exact) mass is 393 g/mol. The Kier molecular flexibility index (Phi) is 4.66. The van der Waals surface area contributed by atoms with Crippen molar-refractivity contribution >= 4 is 17.2 Å². The fraction of sp³-hybridized carbons (Fsp3) is 0.263. The van der Waals surface area contributed by atoms with Gasteiger partial charge in [-0.15, -0.1) is 0 Å². The second-order valence-electron chi connectivity index (χ2n) is 6.39. The van der Waals surface area contributed by atoms with E-state index in [0.717, 1.165) is 12.1 Å². The molecule has 1 atom stereocenters. The number of halogens is 4. The lowest BCUT2D eigenvalue weighted by Gasteiger charge is -2.40. The smallest absolute Gasteiger partial charge is 0.241 e. The zero-order valence-corrected chi connectivity index (χ0v) is 14.5. The van der Waals surface area contributed by atoms with Gasteiger partial charge in [-0.25, -0.2) is 22.5 Å². The minimum atomic E-state index is -2.56. The van der Waals surface area contributed by atoms with Gasteiger partial charge in [0.25, 0.3) is 0 Å². The number of nitrogens with zero attached hydrogens (tertiary/aromatic N) is 3. The molecule has 0 N–H and O–H groups in total. The van der Waals surface area contributed by atoms with Crippen LogP contribution in [-0.2, 0) is 4.79 Å². The highest BCUT2D eigenvalue weighted by atomic mass is 19.3. The number of amides is 1. The molecule has 9 heteroatoms. The molecule has 1 aromatic carbocycles. The fourth-order valence-corrected chi connectivity index (χ4v) is 3.25. The zero-order valence-electron chi connectivity index (χ0n) is 14.5. The third-order valence-electron chi connectivity index (χ3n) is 4.60. The first kappa shape index (κ1) is 18.3. The van der Waals surface area contributed by atoms with Crippen molar-refractivity contribution in [2.24, 2.45) is 0 Å². The van der Waals surface area contributed by atoms with Gasteiger partial charge in [0.2, 0.25) is 12.3 Å². The Morgan fingerprint density at radius 2 is 1.93 bits per heavy atom. The van der Waals surface area contributed by atoms with Gasteiger partial charge in [0.15, 0.2) is 0 Å². The Balaban J connectivity index is 1.60. The van der Waals surface area contributed by atoms with E-state index in [-0.39, 0.29) is 30.2 Å². The van der Waals surface area contributed by atoms with Gasteiger partial charge in [0.1, 0.15) is 23.0 Å². The second-order valence-corrected chi connectivity index (χ2v) is 6.39. The van der Waals surface area contributed by atoms with Crippen molar-refractivity contribution in [2.75, 3.05) is 11.5 Å². The zero-order chi connectivity index (χ0) is 19.8. The van der Waals surface area contributed by atoms with E-state index in [1.165, 1.54) is 4.90 Å². The van der Waals surface area contributed by atoms with Gasteiger partial charge in [0.05, 0.1) is 19.1 Å². The summed E-state index contributed by atoms with van der Waals surface area (Å²) < 4.78 is 60.2. The number of aromatic nitrogens is 2. The predicted molar refractivity (Wildman–Crippen MR) is 92.5 cm³/mol. The van der Waals surface area contributed by atoms with Crippen molar-refractivity contribution in [3.8, 4) is 5.75 Å². The predicted octanol–water partition coefficient (Wildman–Crippen LogP) is 4.12. The van der Waals surface area contributed by atoms with Gasteiger partial charge < -0.3 is 14.0 Å². The van der Waals surface area contributed by atoms with E-state index in [1.807, 2.05) is 0 Å². The summed E-state index contributed by atoms with van der Waals surface area (Å²) in [7, 11) is 0. The number of fused-ring (bicyclic) bond motifs is 1. The topological polar surface area (TPSA) is 46.8 Å². The SMILES string of the molecule is O=C1CC(c2c(F)cc(OCCC(F)F)cc2F)N1c1ccn2ccnc2c1. The van der Waals surface area contributed by atoms with Crippen LogP contribution in [0.2, 0.25) is 0 Å². The lowest BCUT2D eigenvalue weighted by molar-refractivity contribution is -0.124. The number of anilines is 1. The molecule has 146 valence electrons. The van der Waals surface area contributed by atoms with E-state index in [9.17, 15) is 22.4 Å². The molecule has 1 saturated heterocycles. The third kappa shape index (κ3) is 3.28. The molecule has 0 bridgehead atoms. The molecule has 3 aromatic rings. The first-order valence-electron chi connectivity index (χ1n) is 8.58. The second kappa shape index (κ2) is 7.14. The number of imidazole rings is 1. The number of β-lactam (4-membered cyclic amide) rings is 1. The molecule has 28 heavy (non-hydrogen) atoms. The van der Waals surface area contributed by atoms with Crippen molar-refractivity contribution in [2.45, 2.75) is 25.3 Å². The molecule has 1 aliphatic rings. The molecule has 3 heterocycles. The Labute approximate surface area is 157 Å². The number of pyridine rings is 1. The van der Waals surface area contributed by atoms with Gasteiger partial charge in [-0.2, -0.15) is 0 Å². The largest absolute Gasteiger partial charge is 0.493 e. The standard InChI is InChI=1S/C19H15F4N3O2/c20-13-8-12(28-6-2-16(22)23)9-14(21)19(13)15-10-18(27)26(15)11-1-4-25-5-3-24-17(25)7-11/h1,3-5,7-9,15-16H,2,6,10H2. The average Bonchev–Trinajstić information content (AvgIpc) is 3.08. The summed E-state index contributed by atoms with van der Waals surface area (Å²) in [6, 6.07) is 4.41. The number of rotatable bonds is 6. The van der Waals surface area contributed by atoms with Crippen LogP contribution >= 0.6 is 0 Å². The highest BCUT2D eigenvalue weighted by molar-refractivity contribution is 6.01. The average molecular weight is 393 g/mol. The van der Waals surface area contributed by atoms with Gasteiger partial charge in [-0.1, -0.05) is 0 Å². The maximum Gasteiger partial charge on any atom is 0.241 e. The molecule has 1 aliphatic heterocycles. The van der Waals surface area contributed by atoms with Crippen LogP contribution in [0.4, 0.5) is 23.2 Å². The van der Waals surface area contributed by atoms with Crippen molar-refractivity contribution in [3.05, 3.63) is 60.1 Å². The molecule has 4 rings (SSSR count). The van der Waals surface area contributed by atoms with Crippen LogP contribution in [0.15, 0.2) is 42.9 Å². The summed E-state index contributed by atoms with van der Waals surface area (Å²) in [6.45, 7) is -0.353. The molecular weight excluding hydrogens is 378 g/mol. The Morgan fingerprint density at radius 1 is 1.18 bits per heavy atom. The Hall–Kier alpha value is -3.10. The van der Waals surface area contributed by atoms with E-state index in [0.29, 0.717) is 11.3 Å². The van der Waals surface area contributed by atoms with Crippen LogP contribution in [0.3, 0.4) is 0 Å². The first-order chi connectivity index (χ1) is 13.4. The minimum Gasteiger partial charge on any atom is -0.493 e. The summed E-state index contributed by atoms with van der Waals surface area (Å²) in [6.07, 6.45) is 1.90. The molecule has 0 aliphatic carbocycles. The molecule has 1 amide bonds. The van der Waals surface area contributed by atoms with E-state index in [4.69, 9.17) is 4.74 Å². The number of carbonyl (C=O) groups excluding carboxylic acids is 1. The summed E-state index contributed by atoms with van der Waals surface area (Å²) in [5.41, 5.74) is 0.819. The highest BCUT2D eigenvalue weighted by Crippen LogP contribution is 2.41. The van der Waals surface area contributed by atoms with Gasteiger partial charge in [-0.3, -0.25) is 4.79 Å². The lowest BCUT2D eigenvalue weighted by atomic mass is 9.92. The number of hydrogen-bond acceptors (Lipinski definition) is 3. The van der Waals surface area contributed by atoms with E-state index < -0.39 is 30.5 Å². The summed E-state index contributed by atoms with van der Waals surface area (Å²) >= 11 is 0. The van der Waals surface area contributed by atoms with Crippen molar-refractivity contribution in [3.63, 3.8) is 0 Å². The number of ether oxygens (including phenoxy) is 1. The highest BCUT2D eigenvalue weighted by Gasteiger charge is 2.41. The maximum atomic E-state index is 14.6. The van der Waals surface area contributed by atoms with Crippen LogP contribution in [-0.4, -0.2) is 28.3 Å². The molecule has 0 saturated carbocycles. The van der Waals surface area contributed by atoms with Crippen LogP contribution in [0.1, 0.15) is 24.4 Å². The maximum absolute atomic E-state index is 14.6. The molecule has 0 spiro atoms. The van der Waals surface area contributed by atoms with E-state index in [2.05, 4.69) is 4.98 Å². The number of benzene rings is 1. The molecular formula is C19H15F4N3O2. The quantitative estimate of drug-likeness (QED) is 0.468. The van der Waals surface area contributed by atoms with Crippen LogP contribution in [0, 0.1) is 11.6 Å². The van der Waals surface area contributed by atoms with E-state index >= 15 is 0 Å². The fourth-order valence-electron chi connectivity index (χ4n) is 3.25. The summed E-state index contributed by atoms with van der Waals surface area (Å²) in [5.74, 6) is -2.22. The number of hydrogen-bond donors (Lipinski definition) is 0. The van der Waals surface area contributed by atoms with Gasteiger partial charge in [-0.05, 0) is 6.07 Å². The molecule has 0 radical (unpaired) electrons.